The maximum atomic E-state index is 7.23. The molecule has 1 aliphatic rings. The Kier molecular flexibility index (Phi) is 14.7. The average Bonchev–Trinajstić information content (AvgIpc) is 3.26. The largest absolute Gasteiger partial charge is 0.488 e. The van der Waals surface area contributed by atoms with Crippen molar-refractivity contribution in [2.75, 3.05) is 13.2 Å². The van der Waals surface area contributed by atoms with Crippen LogP contribution in [0.2, 0.25) is 5.02 Å². The minimum Gasteiger partial charge on any atom is -0.488 e. The molecule has 7 heteroatoms. The van der Waals surface area contributed by atoms with E-state index in [0.717, 1.165) is 38.9 Å². The highest BCUT2D eigenvalue weighted by Gasteiger charge is 2.49. The van der Waals surface area contributed by atoms with Crippen LogP contribution in [0.25, 0.3) is 0 Å². The zero-order chi connectivity index (χ0) is 39.1. The third kappa shape index (κ3) is 11.3. The Hall–Kier alpha value is -5.05. The highest BCUT2D eigenvalue weighted by molar-refractivity contribution is 6.32. The molecule has 0 aromatic heterocycles. The maximum Gasteiger partial charge on any atom is 0.139 e. The highest BCUT2D eigenvalue weighted by atomic mass is 35.5. The quantitative estimate of drug-likeness (QED) is 0.0763. The standard InChI is InChI=1S/C50H49ClO6/c1-2-28-53-44-31-43(30-42(46(44)51)29-37-18-8-3-9-19-37)47-49(55-34-40-24-14-6-15-25-40)50(56-35-41-26-16-7-17-27-41)48(54-33-39-22-12-5-13-23-39)45(57-47)36-52-32-38-20-10-4-11-21-38/h2-27,30-31,45,47-50H,1,28-29,32-36H2/t45-,47+,48-,49+,50+/m1/s1. The fourth-order valence-electron chi connectivity index (χ4n) is 7.10. The molecular weight excluding hydrogens is 732 g/mol. The van der Waals surface area contributed by atoms with Gasteiger partial charge in [-0.2, -0.15) is 0 Å². The van der Waals surface area contributed by atoms with E-state index in [1.54, 1.807) is 6.08 Å². The molecule has 0 N–H and O–H groups in total. The van der Waals surface area contributed by atoms with Crippen molar-refractivity contribution in [2.45, 2.75) is 63.4 Å². The predicted molar refractivity (Wildman–Crippen MR) is 225 cm³/mol. The van der Waals surface area contributed by atoms with Crippen LogP contribution in [0, 0.1) is 0 Å². The van der Waals surface area contributed by atoms with Crippen molar-refractivity contribution < 1.29 is 28.4 Å². The first kappa shape index (κ1) is 40.2. The Morgan fingerprint density at radius 1 is 0.544 bits per heavy atom. The van der Waals surface area contributed by atoms with Crippen molar-refractivity contribution in [1.29, 1.82) is 0 Å². The Bertz CT molecular complexity index is 2080. The molecule has 1 saturated heterocycles. The molecule has 6 aromatic carbocycles. The summed E-state index contributed by atoms with van der Waals surface area (Å²) in [4.78, 5) is 0. The average molecular weight is 781 g/mol. The predicted octanol–water partition coefficient (Wildman–Crippen LogP) is 10.9. The number of hydrogen-bond acceptors (Lipinski definition) is 6. The molecule has 5 atom stereocenters. The van der Waals surface area contributed by atoms with Gasteiger partial charge in [-0.25, -0.2) is 0 Å². The van der Waals surface area contributed by atoms with Crippen molar-refractivity contribution in [3.05, 3.63) is 220 Å². The number of halogens is 1. The van der Waals surface area contributed by atoms with Crippen LogP contribution in [0.4, 0.5) is 0 Å². The van der Waals surface area contributed by atoms with Crippen LogP contribution in [0.15, 0.2) is 176 Å². The van der Waals surface area contributed by atoms with Crippen LogP contribution in [-0.4, -0.2) is 37.6 Å². The van der Waals surface area contributed by atoms with Crippen LogP contribution in [0.3, 0.4) is 0 Å². The lowest BCUT2D eigenvalue weighted by Gasteiger charge is -2.46. The van der Waals surface area contributed by atoms with Crippen LogP contribution < -0.4 is 4.74 Å². The third-order valence-electron chi connectivity index (χ3n) is 9.94. The van der Waals surface area contributed by atoms with E-state index in [1.165, 1.54) is 0 Å². The van der Waals surface area contributed by atoms with E-state index in [4.69, 9.17) is 40.0 Å². The number of ether oxygens (including phenoxy) is 6. The summed E-state index contributed by atoms with van der Waals surface area (Å²) in [5.41, 5.74) is 7.07. The Labute approximate surface area is 341 Å². The molecule has 7 rings (SSSR count). The fourth-order valence-corrected chi connectivity index (χ4v) is 7.33. The second-order valence-electron chi connectivity index (χ2n) is 14.1. The van der Waals surface area contributed by atoms with Gasteiger partial charge < -0.3 is 28.4 Å². The molecular formula is C50H49ClO6. The first-order chi connectivity index (χ1) is 28.1. The summed E-state index contributed by atoms with van der Waals surface area (Å²) < 4.78 is 40.8. The van der Waals surface area contributed by atoms with E-state index >= 15 is 0 Å². The van der Waals surface area contributed by atoms with Crippen LogP contribution in [0.1, 0.15) is 45.0 Å². The van der Waals surface area contributed by atoms with Gasteiger partial charge >= 0.3 is 0 Å². The third-order valence-corrected chi connectivity index (χ3v) is 10.4. The van der Waals surface area contributed by atoms with E-state index in [9.17, 15) is 0 Å². The van der Waals surface area contributed by atoms with Gasteiger partial charge in [-0.3, -0.25) is 0 Å². The van der Waals surface area contributed by atoms with Gasteiger partial charge in [0.2, 0.25) is 0 Å². The van der Waals surface area contributed by atoms with Crippen LogP contribution in [0.5, 0.6) is 5.75 Å². The molecule has 292 valence electrons. The molecule has 6 aromatic rings. The molecule has 0 bridgehead atoms. The van der Waals surface area contributed by atoms with Gasteiger partial charge in [-0.1, -0.05) is 182 Å². The lowest BCUT2D eigenvalue weighted by atomic mass is 9.89. The van der Waals surface area contributed by atoms with Gasteiger partial charge in [0, 0.05) is 0 Å². The van der Waals surface area contributed by atoms with Crippen molar-refractivity contribution in [3.8, 4) is 5.75 Å². The van der Waals surface area contributed by atoms with Gasteiger partial charge in [-0.15, -0.1) is 0 Å². The lowest BCUT2D eigenvalue weighted by molar-refractivity contribution is -0.275. The van der Waals surface area contributed by atoms with Gasteiger partial charge in [-0.05, 0) is 51.4 Å². The highest BCUT2D eigenvalue weighted by Crippen LogP contribution is 2.42. The van der Waals surface area contributed by atoms with Crippen molar-refractivity contribution in [3.63, 3.8) is 0 Å². The summed E-state index contributed by atoms with van der Waals surface area (Å²) in [7, 11) is 0. The van der Waals surface area contributed by atoms with Crippen LogP contribution >= 0.6 is 11.6 Å². The summed E-state index contributed by atoms with van der Waals surface area (Å²) in [6.07, 6.45) is -0.592. The number of rotatable bonds is 19. The fraction of sp³-hybridized carbons (Fsp3) is 0.240. The smallest absolute Gasteiger partial charge is 0.139 e. The van der Waals surface area contributed by atoms with Crippen molar-refractivity contribution in [1.82, 2.24) is 0 Å². The topological polar surface area (TPSA) is 55.4 Å². The summed E-state index contributed by atoms with van der Waals surface area (Å²) in [5.74, 6) is 0.548. The number of hydrogen-bond donors (Lipinski definition) is 0. The molecule has 0 saturated carbocycles. The first-order valence-electron chi connectivity index (χ1n) is 19.5. The molecule has 0 aliphatic carbocycles. The van der Waals surface area contributed by atoms with Gasteiger partial charge in [0.15, 0.2) is 0 Å². The molecule has 0 spiro atoms. The summed E-state index contributed by atoms with van der Waals surface area (Å²) in [5, 5.41) is 0.547. The summed E-state index contributed by atoms with van der Waals surface area (Å²) >= 11 is 7.11. The minimum absolute atomic E-state index is 0.256. The van der Waals surface area contributed by atoms with E-state index in [2.05, 4.69) is 73.3 Å². The second kappa shape index (κ2) is 20.9. The summed E-state index contributed by atoms with van der Waals surface area (Å²) in [6, 6.07) is 55.0. The molecule has 0 radical (unpaired) electrons. The zero-order valence-corrected chi connectivity index (χ0v) is 32.8. The molecule has 1 fully saturated rings. The van der Waals surface area contributed by atoms with Gasteiger partial charge in [0.25, 0.3) is 0 Å². The van der Waals surface area contributed by atoms with E-state index in [-0.39, 0.29) is 6.61 Å². The van der Waals surface area contributed by atoms with E-state index in [0.29, 0.717) is 50.2 Å². The van der Waals surface area contributed by atoms with E-state index < -0.39 is 30.5 Å². The molecule has 57 heavy (non-hydrogen) atoms. The number of benzene rings is 6. The minimum atomic E-state index is -0.616. The van der Waals surface area contributed by atoms with Crippen molar-refractivity contribution in [2.24, 2.45) is 0 Å². The van der Waals surface area contributed by atoms with Gasteiger partial charge in [0.05, 0.1) is 38.1 Å². The maximum absolute atomic E-state index is 7.23. The monoisotopic (exact) mass is 780 g/mol. The zero-order valence-electron chi connectivity index (χ0n) is 32.0. The summed E-state index contributed by atoms with van der Waals surface area (Å²) in [6.45, 7) is 5.88. The molecule has 1 heterocycles. The normalized spacial score (nSPS) is 19.2. The van der Waals surface area contributed by atoms with Gasteiger partial charge in [0.1, 0.15) is 42.9 Å². The lowest BCUT2D eigenvalue weighted by Crippen LogP contribution is -2.58. The molecule has 0 amide bonds. The van der Waals surface area contributed by atoms with E-state index in [1.807, 2.05) is 97.1 Å². The van der Waals surface area contributed by atoms with Crippen molar-refractivity contribution >= 4 is 11.6 Å². The SMILES string of the molecule is C=CCOc1cc([C@@H]2O[C@H](COCc3ccccc3)[C@@H](OCc3ccccc3)[C@H](OCc3ccccc3)[C@H]2OCc2ccccc2)cc(Cc2ccccc2)c1Cl. The van der Waals surface area contributed by atoms with Crippen LogP contribution in [-0.2, 0) is 56.5 Å². The Morgan fingerprint density at radius 3 is 1.51 bits per heavy atom. The Balaban J connectivity index is 1.31. The molecule has 0 unspecified atom stereocenters. The molecule has 6 nitrogen and oxygen atoms in total. The molecule has 1 aliphatic heterocycles. The second-order valence-corrected chi connectivity index (χ2v) is 14.5. The first-order valence-corrected chi connectivity index (χ1v) is 19.9. The Morgan fingerprint density at radius 2 is 1.00 bits per heavy atom.